The molecule has 9 nitrogen and oxygen atoms in total. The molecule has 0 radical (unpaired) electrons. The number of rotatable bonds is 7. The number of hydrogen-bond donors (Lipinski definition) is 1. The molecule has 1 aliphatic rings. The normalized spacial score (nSPS) is 19.1. The van der Waals surface area contributed by atoms with E-state index in [0.717, 1.165) is 47.8 Å². The summed E-state index contributed by atoms with van der Waals surface area (Å²) in [6.07, 6.45) is 13.4. The van der Waals surface area contributed by atoms with Crippen molar-refractivity contribution in [1.82, 2.24) is 29.5 Å². The fraction of sp³-hybridized carbons (Fsp3) is 0.409. The van der Waals surface area contributed by atoms with E-state index in [9.17, 15) is 0 Å². The molecule has 1 fully saturated rings. The van der Waals surface area contributed by atoms with Crippen LogP contribution in [0.15, 0.2) is 43.1 Å². The number of nitrogens with zero attached hydrogens (tertiary/aromatic N) is 6. The summed E-state index contributed by atoms with van der Waals surface area (Å²) in [6.45, 7) is 1.31. The fourth-order valence-corrected chi connectivity index (χ4v) is 4.07. The summed E-state index contributed by atoms with van der Waals surface area (Å²) in [7, 11) is 1.70. The third-order valence-electron chi connectivity index (χ3n) is 5.70. The first kappa shape index (κ1) is 19.8. The smallest absolute Gasteiger partial charge is 0.241 e. The third kappa shape index (κ3) is 4.33. The van der Waals surface area contributed by atoms with Gasteiger partial charge in [0.15, 0.2) is 5.65 Å². The van der Waals surface area contributed by atoms with Gasteiger partial charge in [0.25, 0.3) is 0 Å². The van der Waals surface area contributed by atoms with Crippen molar-refractivity contribution in [3.8, 4) is 11.1 Å². The van der Waals surface area contributed by atoms with Crippen molar-refractivity contribution in [2.45, 2.75) is 37.8 Å². The second-order valence-corrected chi connectivity index (χ2v) is 7.75. The molecule has 5 rings (SSSR count). The van der Waals surface area contributed by atoms with Gasteiger partial charge >= 0.3 is 0 Å². The Morgan fingerprint density at radius 3 is 2.77 bits per heavy atom. The Morgan fingerprint density at radius 2 is 1.90 bits per heavy atom. The number of fused-ring (bicyclic) bond motifs is 2. The molecule has 160 valence electrons. The zero-order valence-corrected chi connectivity index (χ0v) is 17.4. The summed E-state index contributed by atoms with van der Waals surface area (Å²) < 4.78 is 12.8. The average Bonchev–Trinajstić information content (AvgIpc) is 3.23. The molecule has 0 spiro atoms. The number of nitrogens with one attached hydrogen (secondary N) is 1. The molecule has 0 amide bonds. The number of hydrogen-bond acceptors (Lipinski definition) is 8. The van der Waals surface area contributed by atoms with Crippen LogP contribution in [0.3, 0.4) is 0 Å². The zero-order chi connectivity index (χ0) is 21.0. The van der Waals surface area contributed by atoms with E-state index < -0.39 is 0 Å². The lowest BCUT2D eigenvalue weighted by atomic mass is 9.93. The van der Waals surface area contributed by atoms with Crippen molar-refractivity contribution >= 4 is 22.6 Å². The summed E-state index contributed by atoms with van der Waals surface area (Å²) in [5.41, 5.74) is 4.30. The molecule has 0 unspecified atom stereocenters. The summed E-state index contributed by atoms with van der Waals surface area (Å²) in [4.78, 5) is 17.6. The maximum atomic E-state index is 5.85. The lowest BCUT2D eigenvalue weighted by Crippen LogP contribution is -2.31. The fourth-order valence-electron chi connectivity index (χ4n) is 4.07. The molecular formula is C22H25N7O2. The molecule has 0 aromatic carbocycles. The lowest BCUT2D eigenvalue weighted by molar-refractivity contribution is -0.00158. The van der Waals surface area contributed by atoms with Gasteiger partial charge in [-0.2, -0.15) is 0 Å². The first-order valence-electron chi connectivity index (χ1n) is 10.6. The van der Waals surface area contributed by atoms with Crippen LogP contribution < -0.4 is 5.32 Å². The van der Waals surface area contributed by atoms with E-state index >= 15 is 0 Å². The van der Waals surface area contributed by atoms with Crippen LogP contribution in [0.1, 0.15) is 25.7 Å². The highest BCUT2D eigenvalue weighted by Crippen LogP contribution is 2.27. The number of ether oxygens (including phenoxy) is 2. The molecule has 4 aromatic heterocycles. The van der Waals surface area contributed by atoms with E-state index in [1.165, 1.54) is 0 Å². The van der Waals surface area contributed by atoms with E-state index in [-0.39, 0.29) is 0 Å². The van der Waals surface area contributed by atoms with Gasteiger partial charge in [0, 0.05) is 49.1 Å². The van der Waals surface area contributed by atoms with E-state index in [1.54, 1.807) is 19.5 Å². The third-order valence-corrected chi connectivity index (χ3v) is 5.70. The van der Waals surface area contributed by atoms with Crippen molar-refractivity contribution in [2.75, 3.05) is 25.6 Å². The molecule has 0 bridgehead atoms. The minimum atomic E-state index is 0.323. The van der Waals surface area contributed by atoms with Gasteiger partial charge in [-0.15, -0.1) is 5.10 Å². The predicted octanol–water partition coefficient (Wildman–Crippen LogP) is 3.12. The minimum Gasteiger partial charge on any atom is -0.382 e. The van der Waals surface area contributed by atoms with Crippen LogP contribution in [0, 0.1) is 0 Å². The van der Waals surface area contributed by atoms with Crippen molar-refractivity contribution in [2.24, 2.45) is 0 Å². The highest BCUT2D eigenvalue weighted by molar-refractivity contribution is 5.84. The van der Waals surface area contributed by atoms with E-state index in [1.807, 2.05) is 35.2 Å². The van der Waals surface area contributed by atoms with Crippen molar-refractivity contribution in [3.05, 3.63) is 43.1 Å². The molecule has 9 heteroatoms. The Hall–Kier alpha value is -3.17. The molecule has 0 aliphatic heterocycles. The predicted molar refractivity (Wildman–Crippen MR) is 117 cm³/mol. The monoisotopic (exact) mass is 419 g/mol. The number of pyridine rings is 1. The number of anilines is 1. The maximum Gasteiger partial charge on any atom is 0.241 e. The van der Waals surface area contributed by atoms with E-state index in [0.29, 0.717) is 37.0 Å². The largest absolute Gasteiger partial charge is 0.382 e. The van der Waals surface area contributed by atoms with Gasteiger partial charge in [0.2, 0.25) is 5.95 Å². The van der Waals surface area contributed by atoms with Crippen molar-refractivity contribution < 1.29 is 9.47 Å². The van der Waals surface area contributed by atoms with Crippen LogP contribution in [0.25, 0.3) is 27.8 Å². The number of aromatic nitrogens is 6. The van der Waals surface area contributed by atoms with Gasteiger partial charge in [-0.25, -0.2) is 19.5 Å². The molecular weight excluding hydrogens is 394 g/mol. The topological polar surface area (TPSA) is 99.3 Å². The molecule has 4 heterocycles. The number of methoxy groups -OCH3 is 1. The Balaban J connectivity index is 1.27. The highest BCUT2D eigenvalue weighted by Gasteiger charge is 2.22. The van der Waals surface area contributed by atoms with Crippen LogP contribution in [0.4, 0.5) is 5.95 Å². The van der Waals surface area contributed by atoms with Gasteiger partial charge in [0.1, 0.15) is 5.52 Å². The summed E-state index contributed by atoms with van der Waals surface area (Å²) >= 11 is 0. The molecule has 1 N–H and O–H groups in total. The summed E-state index contributed by atoms with van der Waals surface area (Å²) in [5, 5.41) is 8.14. The Labute approximate surface area is 179 Å². The van der Waals surface area contributed by atoms with Crippen LogP contribution in [0.2, 0.25) is 0 Å². The van der Waals surface area contributed by atoms with Gasteiger partial charge in [-0.05, 0) is 37.8 Å². The molecule has 1 saturated carbocycles. The standard InChI is InChI=1S/C22H25N7O2/c1-30-10-11-31-17-4-2-16(3-5-17)27-22-26-14-20-18(6-9-29(20)28-22)15-12-19-21(25-13-15)24-8-7-23-19/h6-9,12-14,16-17H,2-5,10-11H2,1H3,(H,27,28)/t16-,17-. The SMILES string of the molecule is COCCO[C@H]1CC[C@H](Nc2ncc3c(-c4cnc5nccnc5c4)ccn3n2)CC1. The Morgan fingerprint density at radius 1 is 1.03 bits per heavy atom. The quantitative estimate of drug-likeness (QED) is 0.456. The van der Waals surface area contributed by atoms with Crippen molar-refractivity contribution in [3.63, 3.8) is 0 Å². The van der Waals surface area contributed by atoms with Crippen LogP contribution in [0.5, 0.6) is 0 Å². The average molecular weight is 419 g/mol. The van der Waals surface area contributed by atoms with Crippen LogP contribution in [-0.4, -0.2) is 62.0 Å². The van der Waals surface area contributed by atoms with E-state index in [4.69, 9.17) is 9.47 Å². The van der Waals surface area contributed by atoms with Crippen molar-refractivity contribution in [1.29, 1.82) is 0 Å². The van der Waals surface area contributed by atoms with E-state index in [2.05, 4.69) is 30.4 Å². The van der Waals surface area contributed by atoms with Gasteiger partial charge < -0.3 is 14.8 Å². The lowest BCUT2D eigenvalue weighted by Gasteiger charge is -2.29. The second-order valence-electron chi connectivity index (χ2n) is 7.75. The molecule has 0 atom stereocenters. The summed E-state index contributed by atoms with van der Waals surface area (Å²) in [5.74, 6) is 0.640. The Bertz CT molecular complexity index is 1170. The Kier molecular flexibility index (Phi) is 5.68. The zero-order valence-electron chi connectivity index (χ0n) is 17.4. The van der Waals surface area contributed by atoms with Crippen LogP contribution >= 0.6 is 0 Å². The highest BCUT2D eigenvalue weighted by atomic mass is 16.5. The second kappa shape index (κ2) is 8.91. The minimum absolute atomic E-state index is 0.323. The first-order valence-corrected chi connectivity index (χ1v) is 10.6. The molecule has 1 aliphatic carbocycles. The van der Waals surface area contributed by atoms with Gasteiger partial charge in [-0.1, -0.05) is 0 Å². The molecule has 4 aromatic rings. The summed E-state index contributed by atoms with van der Waals surface area (Å²) in [6, 6.07) is 4.37. The maximum absolute atomic E-state index is 5.85. The first-order chi connectivity index (χ1) is 15.3. The van der Waals surface area contributed by atoms with Gasteiger partial charge in [-0.3, -0.25) is 4.98 Å². The van der Waals surface area contributed by atoms with Crippen LogP contribution in [-0.2, 0) is 9.47 Å². The molecule has 0 saturated heterocycles. The van der Waals surface area contributed by atoms with Gasteiger partial charge in [0.05, 0.1) is 31.0 Å². The molecule has 31 heavy (non-hydrogen) atoms.